The summed E-state index contributed by atoms with van der Waals surface area (Å²) in [5.74, 6) is 1.00. The SMILES string of the molecule is Cc1nnc(-c2ccc(O/C(CCc3ccc(C(F)(F)F)cc3)=N/O)cn2)o1. The van der Waals surface area contributed by atoms with Crippen LogP contribution in [0.5, 0.6) is 5.75 Å². The van der Waals surface area contributed by atoms with E-state index in [2.05, 4.69) is 20.3 Å². The van der Waals surface area contributed by atoms with Gasteiger partial charge in [0.1, 0.15) is 11.4 Å². The zero-order valence-corrected chi connectivity index (χ0v) is 14.6. The number of halogens is 3. The summed E-state index contributed by atoms with van der Waals surface area (Å²) in [7, 11) is 0. The molecule has 0 fully saturated rings. The van der Waals surface area contributed by atoms with Gasteiger partial charge in [0, 0.05) is 13.3 Å². The van der Waals surface area contributed by atoms with Gasteiger partial charge in [-0.15, -0.1) is 10.2 Å². The van der Waals surface area contributed by atoms with Gasteiger partial charge in [-0.1, -0.05) is 17.3 Å². The first-order valence-corrected chi connectivity index (χ1v) is 8.16. The molecule has 0 unspecified atom stereocenters. The minimum absolute atomic E-state index is 0.00285. The summed E-state index contributed by atoms with van der Waals surface area (Å²) in [5, 5.41) is 19.8. The molecule has 10 heteroatoms. The first-order valence-electron chi connectivity index (χ1n) is 8.16. The molecule has 0 saturated carbocycles. The van der Waals surface area contributed by atoms with Gasteiger partial charge >= 0.3 is 6.18 Å². The standard InChI is InChI=1S/C18H15F3N4O3/c1-11-23-24-17(27-11)15-8-7-14(10-22-15)28-16(25-26)9-4-12-2-5-13(6-3-12)18(19,20)21/h2-3,5-8,10,26H,4,9H2,1H3/b25-16+. The highest BCUT2D eigenvalue weighted by molar-refractivity contribution is 5.78. The van der Waals surface area contributed by atoms with Crippen molar-refractivity contribution < 1.29 is 27.5 Å². The van der Waals surface area contributed by atoms with Crippen LogP contribution >= 0.6 is 0 Å². The van der Waals surface area contributed by atoms with E-state index < -0.39 is 11.7 Å². The van der Waals surface area contributed by atoms with Crippen molar-refractivity contribution >= 4 is 5.90 Å². The van der Waals surface area contributed by atoms with E-state index in [9.17, 15) is 13.2 Å². The van der Waals surface area contributed by atoms with Crippen LogP contribution in [0.2, 0.25) is 0 Å². The van der Waals surface area contributed by atoms with Gasteiger partial charge in [-0.05, 0) is 36.2 Å². The highest BCUT2D eigenvalue weighted by Crippen LogP contribution is 2.29. The van der Waals surface area contributed by atoms with Crippen LogP contribution < -0.4 is 4.74 Å². The lowest BCUT2D eigenvalue weighted by Gasteiger charge is -2.09. The minimum atomic E-state index is -4.38. The van der Waals surface area contributed by atoms with E-state index in [1.165, 1.54) is 18.3 Å². The molecule has 1 aromatic carbocycles. The Balaban J connectivity index is 1.58. The summed E-state index contributed by atoms with van der Waals surface area (Å²) in [6, 6.07) is 7.96. The Morgan fingerprint density at radius 1 is 1.14 bits per heavy atom. The number of hydrogen-bond acceptors (Lipinski definition) is 7. The third kappa shape index (κ3) is 4.84. The van der Waals surface area contributed by atoms with Gasteiger partial charge in [-0.3, -0.25) is 0 Å². The van der Waals surface area contributed by atoms with Crippen LogP contribution in [-0.4, -0.2) is 26.3 Å². The number of benzene rings is 1. The molecular formula is C18H15F3N4O3. The van der Waals surface area contributed by atoms with E-state index in [1.54, 1.807) is 19.1 Å². The van der Waals surface area contributed by atoms with Crippen LogP contribution in [0.3, 0.4) is 0 Å². The molecule has 2 aromatic heterocycles. The maximum Gasteiger partial charge on any atom is 0.416 e. The van der Waals surface area contributed by atoms with E-state index in [0.717, 1.165) is 12.1 Å². The van der Waals surface area contributed by atoms with Gasteiger partial charge in [0.25, 0.3) is 5.89 Å². The lowest BCUT2D eigenvalue weighted by molar-refractivity contribution is -0.137. The van der Waals surface area contributed by atoms with Crippen LogP contribution in [0.4, 0.5) is 13.2 Å². The highest BCUT2D eigenvalue weighted by Gasteiger charge is 2.29. The van der Waals surface area contributed by atoms with E-state index in [-0.39, 0.29) is 18.2 Å². The van der Waals surface area contributed by atoms with Crippen LogP contribution in [0, 0.1) is 6.92 Å². The molecule has 146 valence electrons. The average Bonchev–Trinajstić information content (AvgIpc) is 3.11. The summed E-state index contributed by atoms with van der Waals surface area (Å²) >= 11 is 0. The van der Waals surface area contributed by atoms with E-state index in [4.69, 9.17) is 14.4 Å². The Morgan fingerprint density at radius 2 is 1.89 bits per heavy atom. The molecule has 0 saturated heterocycles. The van der Waals surface area contributed by atoms with E-state index in [1.807, 2.05) is 0 Å². The molecule has 0 aliphatic heterocycles. The van der Waals surface area contributed by atoms with Gasteiger partial charge in [0.2, 0.25) is 11.8 Å². The molecule has 0 amide bonds. The average molecular weight is 392 g/mol. The van der Waals surface area contributed by atoms with Crippen molar-refractivity contribution in [3.8, 4) is 17.3 Å². The Kier molecular flexibility index (Phi) is 5.57. The number of aryl methyl sites for hydroxylation is 2. The first-order chi connectivity index (χ1) is 13.3. The quantitative estimate of drug-likeness (QED) is 0.302. The molecule has 0 aliphatic carbocycles. The summed E-state index contributed by atoms with van der Waals surface area (Å²) in [5.41, 5.74) is 0.393. The van der Waals surface area contributed by atoms with Crippen molar-refractivity contribution in [2.45, 2.75) is 25.9 Å². The normalized spacial score (nSPS) is 12.2. The molecule has 3 rings (SSSR count). The van der Waals surface area contributed by atoms with Crippen LogP contribution in [0.1, 0.15) is 23.4 Å². The fourth-order valence-corrected chi connectivity index (χ4v) is 2.34. The largest absolute Gasteiger partial charge is 0.438 e. The molecule has 3 aromatic rings. The molecule has 0 aliphatic rings. The van der Waals surface area contributed by atoms with Crippen molar-refractivity contribution in [1.82, 2.24) is 15.2 Å². The summed E-state index contributed by atoms with van der Waals surface area (Å²) in [6.07, 6.45) is -2.45. The fourth-order valence-electron chi connectivity index (χ4n) is 2.34. The van der Waals surface area contributed by atoms with Crippen LogP contribution in [0.15, 0.2) is 52.2 Å². The van der Waals surface area contributed by atoms with E-state index >= 15 is 0 Å². The van der Waals surface area contributed by atoms with Crippen LogP contribution in [0.25, 0.3) is 11.6 Å². The number of oxime groups is 1. The topological polar surface area (TPSA) is 93.6 Å². The zero-order valence-electron chi connectivity index (χ0n) is 14.6. The highest BCUT2D eigenvalue weighted by atomic mass is 19.4. The monoisotopic (exact) mass is 392 g/mol. The predicted molar refractivity (Wildman–Crippen MR) is 91.9 cm³/mol. The molecule has 1 N–H and O–H groups in total. The van der Waals surface area contributed by atoms with E-state index in [0.29, 0.717) is 29.3 Å². The lowest BCUT2D eigenvalue weighted by Crippen LogP contribution is -2.10. The first kappa shape index (κ1) is 19.3. The predicted octanol–water partition coefficient (Wildman–Crippen LogP) is 4.26. The van der Waals surface area contributed by atoms with Crippen molar-refractivity contribution in [2.24, 2.45) is 5.16 Å². The fraction of sp³-hybridized carbons (Fsp3) is 0.222. The Labute approximate surface area is 157 Å². The summed E-state index contributed by atoms with van der Waals surface area (Å²) in [6.45, 7) is 1.66. The van der Waals surface area contributed by atoms with Gasteiger partial charge in [-0.25, -0.2) is 4.98 Å². The Bertz CT molecular complexity index is 951. The number of alkyl halides is 3. The number of rotatable bonds is 5. The van der Waals surface area contributed by atoms with Crippen molar-refractivity contribution in [2.75, 3.05) is 0 Å². The molecule has 0 radical (unpaired) electrons. The maximum atomic E-state index is 12.6. The lowest BCUT2D eigenvalue weighted by atomic mass is 10.1. The minimum Gasteiger partial charge on any atom is -0.438 e. The third-order valence-electron chi connectivity index (χ3n) is 3.74. The van der Waals surface area contributed by atoms with Crippen LogP contribution in [-0.2, 0) is 12.6 Å². The second-order valence-electron chi connectivity index (χ2n) is 5.80. The second-order valence-corrected chi connectivity index (χ2v) is 5.80. The van der Waals surface area contributed by atoms with Gasteiger partial charge in [0.15, 0.2) is 0 Å². The van der Waals surface area contributed by atoms with Gasteiger partial charge < -0.3 is 14.4 Å². The molecule has 28 heavy (non-hydrogen) atoms. The second kappa shape index (κ2) is 8.07. The maximum absolute atomic E-state index is 12.6. The Morgan fingerprint density at radius 3 is 2.43 bits per heavy atom. The molecule has 0 spiro atoms. The number of aromatic nitrogens is 3. The number of nitrogens with zero attached hydrogens (tertiary/aromatic N) is 4. The number of hydrogen-bond donors (Lipinski definition) is 1. The Hall–Kier alpha value is -3.43. The van der Waals surface area contributed by atoms with Gasteiger partial charge in [0.05, 0.1) is 11.8 Å². The smallest absolute Gasteiger partial charge is 0.416 e. The number of pyridine rings is 1. The summed E-state index contributed by atoms with van der Waals surface area (Å²) < 4.78 is 48.5. The molecule has 7 nitrogen and oxygen atoms in total. The van der Waals surface area contributed by atoms with Crippen molar-refractivity contribution in [1.29, 1.82) is 0 Å². The molecular weight excluding hydrogens is 377 g/mol. The van der Waals surface area contributed by atoms with Crippen molar-refractivity contribution in [3.05, 3.63) is 59.6 Å². The molecule has 0 atom stereocenters. The zero-order chi connectivity index (χ0) is 20.1. The molecule has 2 heterocycles. The molecule has 0 bridgehead atoms. The van der Waals surface area contributed by atoms with Gasteiger partial charge in [-0.2, -0.15) is 13.2 Å². The van der Waals surface area contributed by atoms with Crippen molar-refractivity contribution in [3.63, 3.8) is 0 Å². The third-order valence-corrected chi connectivity index (χ3v) is 3.74. The number of ether oxygens (including phenoxy) is 1. The summed E-state index contributed by atoms with van der Waals surface area (Å²) in [4.78, 5) is 4.14.